The maximum atomic E-state index is 10.8. The van der Waals surface area contributed by atoms with Gasteiger partial charge in [-0.2, -0.15) is 5.10 Å². The monoisotopic (exact) mass is 274 g/mol. The van der Waals surface area contributed by atoms with Gasteiger partial charge in [-0.3, -0.25) is 4.68 Å². The Bertz CT molecular complexity index is 676. The van der Waals surface area contributed by atoms with Crippen LogP contribution in [0, 0.1) is 6.92 Å². The fourth-order valence-electron chi connectivity index (χ4n) is 1.91. The van der Waals surface area contributed by atoms with Crippen LogP contribution < -0.4 is 5.73 Å². The van der Waals surface area contributed by atoms with E-state index in [1.165, 1.54) is 12.4 Å². The number of carbonyl (C=O) groups is 1. The Balaban J connectivity index is 2.21. The number of nitrogens with zero attached hydrogens (tertiary/aromatic N) is 3. The first-order chi connectivity index (χ1) is 9.51. The lowest BCUT2D eigenvalue weighted by Crippen LogP contribution is -2.15. The van der Waals surface area contributed by atoms with Gasteiger partial charge in [0.2, 0.25) is 0 Å². The fraction of sp³-hybridized carbons (Fsp3) is 0.154. The van der Waals surface area contributed by atoms with Gasteiger partial charge in [-0.05, 0) is 18.1 Å². The van der Waals surface area contributed by atoms with E-state index in [9.17, 15) is 4.79 Å². The molecule has 0 aliphatic rings. The average Bonchev–Trinajstić information content (AvgIpc) is 2.87. The van der Waals surface area contributed by atoms with Crippen molar-refractivity contribution in [2.75, 3.05) is 0 Å². The van der Waals surface area contributed by atoms with Crippen LogP contribution in [0.3, 0.4) is 0 Å². The number of carboxylic acid groups (broad SMARTS) is 1. The van der Waals surface area contributed by atoms with Crippen molar-refractivity contribution in [2.24, 2.45) is 10.9 Å². The summed E-state index contributed by atoms with van der Waals surface area (Å²) in [6, 6.07) is 5.46. The van der Waals surface area contributed by atoms with Crippen molar-refractivity contribution in [3.63, 3.8) is 0 Å². The van der Waals surface area contributed by atoms with E-state index in [1.54, 1.807) is 10.7 Å². The quantitative estimate of drug-likeness (QED) is 0.333. The number of rotatable bonds is 4. The molecule has 1 heterocycles. The van der Waals surface area contributed by atoms with Crippen LogP contribution in [0.5, 0.6) is 0 Å². The molecule has 0 spiro atoms. The Kier molecular flexibility index (Phi) is 3.69. The van der Waals surface area contributed by atoms with Gasteiger partial charge in [0.05, 0.1) is 18.3 Å². The van der Waals surface area contributed by atoms with Gasteiger partial charge in [-0.25, -0.2) is 4.79 Å². The molecule has 2 rings (SSSR count). The Labute approximate surface area is 114 Å². The Morgan fingerprint density at radius 3 is 2.80 bits per heavy atom. The number of aromatic nitrogens is 2. The predicted molar refractivity (Wildman–Crippen MR) is 72.0 cm³/mol. The van der Waals surface area contributed by atoms with Gasteiger partial charge in [0.1, 0.15) is 0 Å². The van der Waals surface area contributed by atoms with E-state index in [-0.39, 0.29) is 11.4 Å². The van der Waals surface area contributed by atoms with Gasteiger partial charge >= 0.3 is 5.97 Å². The number of hydrogen-bond acceptors (Lipinski definition) is 4. The topological polar surface area (TPSA) is 114 Å². The molecule has 0 atom stereocenters. The van der Waals surface area contributed by atoms with Crippen molar-refractivity contribution in [3.8, 4) is 0 Å². The highest BCUT2D eigenvalue weighted by molar-refractivity contribution is 5.98. The molecule has 0 unspecified atom stereocenters. The normalized spacial score (nSPS) is 11.6. The summed E-state index contributed by atoms with van der Waals surface area (Å²) in [6.07, 6.45) is 2.77. The molecule has 2 aromatic rings. The summed E-state index contributed by atoms with van der Waals surface area (Å²) in [5, 5.41) is 24.4. The molecule has 4 N–H and O–H groups in total. The van der Waals surface area contributed by atoms with E-state index in [4.69, 9.17) is 16.0 Å². The van der Waals surface area contributed by atoms with Crippen LogP contribution in [0.4, 0.5) is 0 Å². The highest BCUT2D eigenvalue weighted by Crippen LogP contribution is 2.12. The maximum Gasteiger partial charge on any atom is 0.338 e. The zero-order chi connectivity index (χ0) is 14.7. The van der Waals surface area contributed by atoms with E-state index >= 15 is 0 Å². The minimum absolute atomic E-state index is 0.0568. The maximum absolute atomic E-state index is 10.8. The molecule has 0 saturated carbocycles. The standard InChI is InChI=1S/C13H14N4O3/c1-8-4-9(2-3-11(8)12(14)16-20)6-17-7-10(5-15-17)13(18)19/h2-5,7,20H,6H2,1H3,(H2,14,16)(H,18,19). The lowest BCUT2D eigenvalue weighted by Gasteiger charge is -2.07. The number of benzene rings is 1. The summed E-state index contributed by atoms with van der Waals surface area (Å²) < 4.78 is 1.54. The number of oxime groups is 1. The van der Waals surface area contributed by atoms with Crippen LogP contribution in [0.1, 0.15) is 27.0 Å². The van der Waals surface area contributed by atoms with Gasteiger partial charge in [0.15, 0.2) is 5.84 Å². The van der Waals surface area contributed by atoms with Crippen LogP contribution in [0.15, 0.2) is 35.7 Å². The van der Waals surface area contributed by atoms with E-state index in [1.807, 2.05) is 19.1 Å². The summed E-state index contributed by atoms with van der Waals surface area (Å²) in [5.74, 6) is -0.948. The minimum Gasteiger partial charge on any atom is -0.478 e. The molecule has 0 saturated heterocycles. The number of hydrogen-bond donors (Lipinski definition) is 3. The fourth-order valence-corrected chi connectivity index (χ4v) is 1.91. The SMILES string of the molecule is Cc1cc(Cn2cc(C(=O)O)cn2)ccc1/C(N)=N/O. The van der Waals surface area contributed by atoms with Crippen molar-refractivity contribution in [1.82, 2.24) is 9.78 Å². The molecule has 20 heavy (non-hydrogen) atoms. The predicted octanol–water partition coefficient (Wildman–Crippen LogP) is 1.03. The molecule has 104 valence electrons. The van der Waals surface area contributed by atoms with Gasteiger partial charge in [0.25, 0.3) is 0 Å². The van der Waals surface area contributed by atoms with Crippen molar-refractivity contribution >= 4 is 11.8 Å². The lowest BCUT2D eigenvalue weighted by molar-refractivity contribution is 0.0697. The smallest absolute Gasteiger partial charge is 0.338 e. The third-order valence-electron chi connectivity index (χ3n) is 2.90. The van der Waals surface area contributed by atoms with Crippen LogP contribution in [-0.2, 0) is 6.54 Å². The van der Waals surface area contributed by atoms with E-state index in [0.29, 0.717) is 12.1 Å². The summed E-state index contributed by atoms with van der Waals surface area (Å²) in [6.45, 7) is 2.30. The first-order valence-electron chi connectivity index (χ1n) is 5.84. The van der Waals surface area contributed by atoms with Crippen molar-refractivity contribution in [3.05, 3.63) is 52.8 Å². The Hall–Kier alpha value is -2.83. The summed E-state index contributed by atoms with van der Waals surface area (Å²) in [4.78, 5) is 10.8. The van der Waals surface area contributed by atoms with Gasteiger partial charge < -0.3 is 16.0 Å². The molecular formula is C13H14N4O3. The van der Waals surface area contributed by atoms with Crippen LogP contribution in [0.2, 0.25) is 0 Å². The first-order valence-corrected chi connectivity index (χ1v) is 5.84. The molecule has 0 amide bonds. The third kappa shape index (κ3) is 2.77. The van der Waals surface area contributed by atoms with Crippen LogP contribution in [0.25, 0.3) is 0 Å². The molecular weight excluding hydrogens is 260 g/mol. The molecule has 7 heteroatoms. The zero-order valence-electron chi connectivity index (χ0n) is 10.8. The number of nitrogens with two attached hydrogens (primary N) is 1. The molecule has 0 aliphatic carbocycles. The number of aryl methyl sites for hydroxylation is 1. The molecule has 1 aromatic carbocycles. The van der Waals surface area contributed by atoms with E-state index in [2.05, 4.69) is 10.3 Å². The molecule has 7 nitrogen and oxygen atoms in total. The van der Waals surface area contributed by atoms with Crippen LogP contribution >= 0.6 is 0 Å². The first kappa shape index (κ1) is 13.6. The van der Waals surface area contributed by atoms with E-state index in [0.717, 1.165) is 11.1 Å². The number of carboxylic acids is 1. The van der Waals surface area contributed by atoms with Gasteiger partial charge in [-0.15, -0.1) is 0 Å². The van der Waals surface area contributed by atoms with E-state index < -0.39 is 5.97 Å². The van der Waals surface area contributed by atoms with Gasteiger partial charge in [-0.1, -0.05) is 23.4 Å². The number of aromatic carboxylic acids is 1. The number of amidine groups is 1. The molecule has 0 bridgehead atoms. The average molecular weight is 274 g/mol. The highest BCUT2D eigenvalue weighted by Gasteiger charge is 2.08. The third-order valence-corrected chi connectivity index (χ3v) is 2.90. The molecule has 0 fully saturated rings. The van der Waals surface area contributed by atoms with Crippen LogP contribution in [-0.4, -0.2) is 31.9 Å². The Morgan fingerprint density at radius 1 is 1.50 bits per heavy atom. The van der Waals surface area contributed by atoms with Crippen molar-refractivity contribution in [1.29, 1.82) is 0 Å². The summed E-state index contributed by atoms with van der Waals surface area (Å²) in [7, 11) is 0. The van der Waals surface area contributed by atoms with Crippen molar-refractivity contribution in [2.45, 2.75) is 13.5 Å². The molecule has 0 aliphatic heterocycles. The second-order valence-corrected chi connectivity index (χ2v) is 4.37. The minimum atomic E-state index is -1.00. The van der Waals surface area contributed by atoms with Gasteiger partial charge in [0, 0.05) is 11.8 Å². The Morgan fingerprint density at radius 2 is 2.25 bits per heavy atom. The second-order valence-electron chi connectivity index (χ2n) is 4.37. The highest BCUT2D eigenvalue weighted by atomic mass is 16.4. The zero-order valence-corrected chi connectivity index (χ0v) is 10.8. The molecule has 0 radical (unpaired) electrons. The van der Waals surface area contributed by atoms with Crippen molar-refractivity contribution < 1.29 is 15.1 Å². The largest absolute Gasteiger partial charge is 0.478 e. The molecule has 1 aromatic heterocycles. The summed E-state index contributed by atoms with van der Waals surface area (Å²) >= 11 is 0. The lowest BCUT2D eigenvalue weighted by atomic mass is 10.0. The second kappa shape index (κ2) is 5.43. The summed E-state index contributed by atoms with van der Waals surface area (Å²) in [5.41, 5.74) is 8.16.